The number of methoxy groups -OCH3 is 1. The van der Waals surface area contributed by atoms with Gasteiger partial charge in [-0.15, -0.1) is 0 Å². The molecule has 1 heterocycles. The van der Waals surface area contributed by atoms with Crippen LogP contribution in [0.15, 0.2) is 52.2 Å². The van der Waals surface area contributed by atoms with E-state index in [0.717, 1.165) is 10.9 Å². The van der Waals surface area contributed by atoms with Gasteiger partial charge >= 0.3 is 5.69 Å². The van der Waals surface area contributed by atoms with Crippen molar-refractivity contribution in [3.63, 3.8) is 0 Å². The molecule has 0 saturated heterocycles. The van der Waals surface area contributed by atoms with Crippen LogP contribution in [0.25, 0.3) is 5.69 Å². The Morgan fingerprint density at radius 2 is 1.80 bits per heavy atom. The van der Waals surface area contributed by atoms with Crippen LogP contribution in [0.1, 0.15) is 5.56 Å². The molecule has 7 nitrogen and oxygen atoms in total. The molecule has 0 aliphatic carbocycles. The summed E-state index contributed by atoms with van der Waals surface area (Å²) in [6.07, 6.45) is 1.02. The number of H-pyrrole nitrogens is 1. The van der Waals surface area contributed by atoms with Crippen LogP contribution >= 0.6 is 11.6 Å². The highest BCUT2D eigenvalue weighted by Crippen LogP contribution is 2.34. The minimum atomic E-state index is -0.646. The van der Waals surface area contributed by atoms with Crippen molar-refractivity contribution in [2.24, 2.45) is 0 Å². The Labute approximate surface area is 147 Å². The summed E-state index contributed by atoms with van der Waals surface area (Å²) < 4.78 is 12.0. The standard InChI is InChI=1S/C17H14ClN3O4/c1-10-7-11(21-17(23)20-15(22)9-19-21)8-14(18)16(10)25-13-5-3-12(24-2)4-6-13/h3-9H,1-2H3,(H,20,22,23). The zero-order valence-electron chi connectivity index (χ0n) is 13.4. The van der Waals surface area contributed by atoms with Crippen molar-refractivity contribution in [3.05, 3.63) is 74.0 Å². The maximum absolute atomic E-state index is 11.9. The summed E-state index contributed by atoms with van der Waals surface area (Å²) in [6, 6.07) is 10.3. The molecule has 3 rings (SSSR count). The zero-order chi connectivity index (χ0) is 18.0. The molecule has 3 aromatic rings. The first-order valence-corrected chi connectivity index (χ1v) is 7.67. The molecule has 8 heteroatoms. The number of nitrogens with zero attached hydrogens (tertiary/aromatic N) is 2. The lowest BCUT2D eigenvalue weighted by molar-refractivity contribution is 0.412. The second kappa shape index (κ2) is 6.82. The Balaban J connectivity index is 1.97. The molecular weight excluding hydrogens is 346 g/mol. The summed E-state index contributed by atoms with van der Waals surface area (Å²) >= 11 is 6.31. The number of aryl methyl sites for hydroxylation is 1. The minimum absolute atomic E-state index is 0.311. The Bertz CT molecular complexity index is 1000. The van der Waals surface area contributed by atoms with E-state index in [0.29, 0.717) is 33.5 Å². The van der Waals surface area contributed by atoms with Crippen molar-refractivity contribution in [1.82, 2.24) is 14.8 Å². The normalized spacial score (nSPS) is 10.5. The fourth-order valence-electron chi connectivity index (χ4n) is 2.26. The van der Waals surface area contributed by atoms with Gasteiger partial charge in [-0.3, -0.25) is 9.78 Å². The Kier molecular flexibility index (Phi) is 4.58. The summed E-state index contributed by atoms with van der Waals surface area (Å²) in [5.41, 5.74) is -0.0839. The van der Waals surface area contributed by atoms with E-state index in [9.17, 15) is 9.59 Å². The lowest BCUT2D eigenvalue weighted by Crippen LogP contribution is -2.30. The molecule has 1 N–H and O–H groups in total. The first-order valence-electron chi connectivity index (χ1n) is 7.29. The molecule has 1 aromatic heterocycles. The Morgan fingerprint density at radius 1 is 1.12 bits per heavy atom. The van der Waals surface area contributed by atoms with Gasteiger partial charge in [0.15, 0.2) is 0 Å². The lowest BCUT2D eigenvalue weighted by Gasteiger charge is -2.13. The maximum Gasteiger partial charge on any atom is 0.349 e. The van der Waals surface area contributed by atoms with E-state index < -0.39 is 11.2 Å². The topological polar surface area (TPSA) is 86.2 Å². The molecule has 0 atom stereocenters. The third-order valence-electron chi connectivity index (χ3n) is 3.45. The molecule has 0 aliphatic rings. The number of hydrogen-bond acceptors (Lipinski definition) is 5. The Morgan fingerprint density at radius 3 is 2.40 bits per heavy atom. The van der Waals surface area contributed by atoms with Crippen LogP contribution in [-0.4, -0.2) is 21.9 Å². The first kappa shape index (κ1) is 16.8. The molecule has 0 unspecified atom stereocenters. The van der Waals surface area contributed by atoms with Crippen LogP contribution in [0.3, 0.4) is 0 Å². The summed E-state index contributed by atoms with van der Waals surface area (Å²) in [4.78, 5) is 25.1. The van der Waals surface area contributed by atoms with Crippen molar-refractivity contribution >= 4 is 11.6 Å². The monoisotopic (exact) mass is 359 g/mol. The van der Waals surface area contributed by atoms with E-state index in [1.54, 1.807) is 50.4 Å². The number of rotatable bonds is 4. The molecule has 0 saturated carbocycles. The average Bonchev–Trinajstić information content (AvgIpc) is 2.58. The molecule has 25 heavy (non-hydrogen) atoms. The van der Waals surface area contributed by atoms with Gasteiger partial charge in [-0.2, -0.15) is 9.78 Å². The number of benzene rings is 2. The molecule has 0 bridgehead atoms. The van der Waals surface area contributed by atoms with Gasteiger partial charge in [0.1, 0.15) is 23.4 Å². The second-order valence-electron chi connectivity index (χ2n) is 5.20. The molecular formula is C17H14ClN3O4. The number of halogens is 1. The highest BCUT2D eigenvalue weighted by Gasteiger charge is 2.12. The first-order chi connectivity index (χ1) is 12.0. The SMILES string of the molecule is COc1ccc(Oc2c(C)cc(-n3ncc(=O)[nH]c3=O)cc2Cl)cc1. The summed E-state index contributed by atoms with van der Waals surface area (Å²) in [5.74, 6) is 1.78. The summed E-state index contributed by atoms with van der Waals surface area (Å²) in [5, 5.41) is 4.12. The highest BCUT2D eigenvalue weighted by atomic mass is 35.5. The van der Waals surface area contributed by atoms with Gasteiger partial charge in [-0.05, 0) is 48.9 Å². The molecule has 0 radical (unpaired) electrons. The Hall–Kier alpha value is -3.06. The number of nitrogens with one attached hydrogen (secondary N) is 1. The largest absolute Gasteiger partial charge is 0.497 e. The van der Waals surface area contributed by atoms with E-state index in [2.05, 4.69) is 10.1 Å². The quantitative estimate of drug-likeness (QED) is 0.774. The summed E-state index contributed by atoms with van der Waals surface area (Å²) in [6.45, 7) is 1.80. The van der Waals surface area contributed by atoms with Gasteiger partial charge in [-0.25, -0.2) is 4.79 Å². The number of aromatic amines is 1. The smallest absolute Gasteiger partial charge is 0.349 e. The highest BCUT2D eigenvalue weighted by molar-refractivity contribution is 6.32. The van der Waals surface area contributed by atoms with E-state index in [-0.39, 0.29) is 0 Å². The van der Waals surface area contributed by atoms with Crippen LogP contribution in [0.5, 0.6) is 17.2 Å². The van der Waals surface area contributed by atoms with Crippen LogP contribution < -0.4 is 20.7 Å². The van der Waals surface area contributed by atoms with Gasteiger partial charge in [0.05, 0.1) is 17.8 Å². The maximum atomic E-state index is 11.9. The van der Waals surface area contributed by atoms with Crippen LogP contribution in [0, 0.1) is 6.92 Å². The fourth-order valence-corrected chi connectivity index (χ4v) is 2.56. The van der Waals surface area contributed by atoms with Crippen LogP contribution in [0.4, 0.5) is 0 Å². The van der Waals surface area contributed by atoms with Crippen molar-refractivity contribution < 1.29 is 9.47 Å². The van der Waals surface area contributed by atoms with Gasteiger partial charge in [-0.1, -0.05) is 11.6 Å². The summed E-state index contributed by atoms with van der Waals surface area (Å²) in [7, 11) is 1.59. The van der Waals surface area contributed by atoms with Crippen molar-refractivity contribution in [2.75, 3.05) is 7.11 Å². The molecule has 0 amide bonds. The number of aromatic nitrogens is 3. The van der Waals surface area contributed by atoms with E-state index in [1.807, 2.05) is 0 Å². The third kappa shape index (κ3) is 3.56. The van der Waals surface area contributed by atoms with Crippen molar-refractivity contribution in [2.45, 2.75) is 6.92 Å². The molecule has 0 aliphatic heterocycles. The van der Waals surface area contributed by atoms with Crippen LogP contribution in [0.2, 0.25) is 5.02 Å². The lowest BCUT2D eigenvalue weighted by atomic mass is 10.2. The fraction of sp³-hybridized carbons (Fsp3) is 0.118. The second-order valence-corrected chi connectivity index (χ2v) is 5.61. The minimum Gasteiger partial charge on any atom is -0.497 e. The van der Waals surface area contributed by atoms with Gasteiger partial charge < -0.3 is 9.47 Å². The molecule has 0 spiro atoms. The van der Waals surface area contributed by atoms with Crippen molar-refractivity contribution in [3.8, 4) is 22.9 Å². The molecule has 0 fully saturated rings. The zero-order valence-corrected chi connectivity index (χ0v) is 14.2. The van der Waals surface area contributed by atoms with Gasteiger partial charge in [0, 0.05) is 0 Å². The van der Waals surface area contributed by atoms with E-state index in [1.165, 1.54) is 0 Å². The predicted molar refractivity (Wildman–Crippen MR) is 93.3 cm³/mol. The third-order valence-corrected chi connectivity index (χ3v) is 3.73. The van der Waals surface area contributed by atoms with Crippen LogP contribution in [-0.2, 0) is 0 Å². The van der Waals surface area contributed by atoms with Gasteiger partial charge in [0.2, 0.25) is 0 Å². The molecule has 2 aromatic carbocycles. The average molecular weight is 360 g/mol. The number of hydrogen-bond donors (Lipinski definition) is 1. The van der Waals surface area contributed by atoms with E-state index >= 15 is 0 Å². The van der Waals surface area contributed by atoms with Gasteiger partial charge in [0.25, 0.3) is 5.56 Å². The molecule has 128 valence electrons. The van der Waals surface area contributed by atoms with E-state index in [4.69, 9.17) is 21.1 Å². The van der Waals surface area contributed by atoms with Crippen molar-refractivity contribution in [1.29, 1.82) is 0 Å². The predicted octanol–water partition coefficient (Wildman–Crippen LogP) is 2.68. The number of ether oxygens (including phenoxy) is 2.